The molecule has 0 aromatic heterocycles. The number of ether oxygens (including phenoxy) is 4. The molecule has 55 heavy (non-hydrogen) atoms. The van der Waals surface area contributed by atoms with Gasteiger partial charge in [0.25, 0.3) is 0 Å². The van der Waals surface area contributed by atoms with Crippen LogP contribution < -0.4 is 0 Å². The molecule has 8 nitrogen and oxygen atoms in total. The van der Waals surface area contributed by atoms with Crippen molar-refractivity contribution in [2.24, 2.45) is 21.7 Å². The van der Waals surface area contributed by atoms with Gasteiger partial charge >= 0.3 is 43.4 Å². The molecular formula is C46H46O8Ru+2. The molecule has 8 aliphatic carbocycles. The first-order valence-corrected chi connectivity index (χ1v) is 19.0. The van der Waals surface area contributed by atoms with Crippen LogP contribution in [0.5, 0.6) is 0 Å². The number of carbonyl (C=O) groups excluding carboxylic acids is 4. The largest absolute Gasteiger partial charge is 2.00 e. The molecule has 9 heteroatoms. The summed E-state index contributed by atoms with van der Waals surface area (Å²) in [5.41, 5.74) is 6.22. The fraction of sp³-hybridized carbons (Fsp3) is 0.435. The fourth-order valence-electron chi connectivity index (χ4n) is 10.8. The molecule has 2 aliphatic heterocycles. The first-order valence-electron chi connectivity index (χ1n) is 19.0. The quantitative estimate of drug-likeness (QED) is 0.166. The second kappa shape index (κ2) is 12.5. The summed E-state index contributed by atoms with van der Waals surface area (Å²) < 4.78 is 23.8. The molecule has 4 fully saturated rings. The number of rotatable bonds is 4. The molecule has 2 spiro atoms. The number of carbonyl (C=O) groups is 4. The topological polar surface area (TPSA) is 105 Å². The summed E-state index contributed by atoms with van der Waals surface area (Å²) >= 11 is 0. The van der Waals surface area contributed by atoms with Gasteiger partial charge in [0.05, 0.1) is 11.8 Å². The average Bonchev–Trinajstić information content (AvgIpc) is 3.66. The van der Waals surface area contributed by atoms with Crippen molar-refractivity contribution in [1.82, 2.24) is 0 Å². The van der Waals surface area contributed by atoms with Crippen molar-refractivity contribution >= 4 is 23.9 Å². The maximum Gasteiger partial charge on any atom is 2.00 e. The smallest absolute Gasteiger partial charge is 0.456 e. The van der Waals surface area contributed by atoms with E-state index in [0.717, 1.165) is 59.1 Å². The summed E-state index contributed by atoms with van der Waals surface area (Å²) in [6.07, 6.45) is 25.2. The molecule has 0 N–H and O–H groups in total. The zero-order valence-electron chi connectivity index (χ0n) is 32.5. The van der Waals surface area contributed by atoms with E-state index in [0.29, 0.717) is 11.8 Å². The van der Waals surface area contributed by atoms with E-state index in [2.05, 4.69) is 53.7 Å². The molecule has 0 bridgehead atoms. The van der Waals surface area contributed by atoms with Crippen LogP contribution in [0.1, 0.15) is 81.1 Å². The van der Waals surface area contributed by atoms with Gasteiger partial charge < -0.3 is 18.9 Å². The molecule has 0 aromatic carbocycles. The van der Waals surface area contributed by atoms with Gasteiger partial charge in [0.2, 0.25) is 0 Å². The fourth-order valence-corrected chi connectivity index (χ4v) is 10.8. The van der Waals surface area contributed by atoms with E-state index >= 15 is 0 Å². The molecule has 2 heterocycles. The Morgan fingerprint density at radius 1 is 0.600 bits per heavy atom. The predicted octanol–water partition coefficient (Wildman–Crippen LogP) is 7.24. The van der Waals surface area contributed by atoms with Gasteiger partial charge in [-0.3, -0.25) is 9.59 Å². The minimum atomic E-state index is -0.607. The third kappa shape index (κ3) is 5.36. The van der Waals surface area contributed by atoms with E-state index in [1.807, 2.05) is 39.5 Å². The van der Waals surface area contributed by atoms with Crippen LogP contribution in [-0.4, -0.2) is 47.3 Å². The third-order valence-corrected chi connectivity index (χ3v) is 14.0. The van der Waals surface area contributed by atoms with Crippen LogP contribution in [-0.2, 0) is 57.6 Å². The minimum absolute atomic E-state index is 0. The zero-order chi connectivity index (χ0) is 38.4. The van der Waals surface area contributed by atoms with Gasteiger partial charge in [-0.1, -0.05) is 51.0 Å². The van der Waals surface area contributed by atoms with Crippen LogP contribution in [0, 0.1) is 84.9 Å². The van der Waals surface area contributed by atoms with Gasteiger partial charge in [-0.2, -0.15) is 0 Å². The number of hydrogen-bond acceptors (Lipinski definition) is 8. The Kier molecular flexibility index (Phi) is 8.80. The number of fused-ring (bicyclic) bond motifs is 8. The third-order valence-electron chi connectivity index (χ3n) is 14.0. The molecule has 0 saturated heterocycles. The van der Waals surface area contributed by atoms with Crippen molar-refractivity contribution in [3.8, 4) is 0 Å². The van der Waals surface area contributed by atoms with Gasteiger partial charge in [-0.25, -0.2) is 9.59 Å². The summed E-state index contributed by atoms with van der Waals surface area (Å²) in [7, 11) is 0. The monoisotopic (exact) mass is 828 g/mol. The standard InChI is InChI=1S/2C23H23O4.Ru/c2*1-13-18-15(16-11-17(24)27-22(16,4)23(13)9-10-23)12-21(2,3)19(18)26-20(25)14-7-5-6-8-14;/h2*5-8,11-12,19H,9-10H2,1-4H3;/q;;+2/t2*19-,22+;/m11./s1. The van der Waals surface area contributed by atoms with Crippen LogP contribution in [0.2, 0.25) is 0 Å². The Morgan fingerprint density at radius 2 is 0.927 bits per heavy atom. The van der Waals surface area contributed by atoms with Crippen molar-refractivity contribution in [2.45, 2.75) is 104 Å². The first-order chi connectivity index (χ1) is 25.4. The van der Waals surface area contributed by atoms with E-state index in [-0.39, 0.29) is 77.2 Å². The van der Waals surface area contributed by atoms with Crippen molar-refractivity contribution in [2.75, 3.05) is 0 Å². The Hall–Kier alpha value is -3.06. The van der Waals surface area contributed by atoms with E-state index in [1.165, 1.54) is 11.1 Å². The van der Waals surface area contributed by atoms with Gasteiger partial charge in [0.1, 0.15) is 23.4 Å². The number of hydrogen-bond donors (Lipinski definition) is 0. The molecule has 10 aliphatic rings. The Morgan fingerprint density at radius 3 is 1.24 bits per heavy atom. The second-order valence-corrected chi connectivity index (χ2v) is 17.9. The SMILES string of the molecule is CC1=C2C(=CC(C)(C)[C@@H]2OC(=O)[C]2[CH][CH][CH][CH]2)C2=CC(=O)O[C@]2(C)C12CC2.CC1=C2C(=CC(C)(C)[C@@H]2OC(=O)[C]2[CH][CH][CH][CH]2)C2=CC(=O)O[C@]2(C)C12CC2.[Ru+2]. The van der Waals surface area contributed by atoms with Crippen molar-refractivity contribution in [3.63, 3.8) is 0 Å². The van der Waals surface area contributed by atoms with E-state index < -0.39 is 11.2 Å². The molecule has 10 radical (unpaired) electrons. The predicted molar refractivity (Wildman–Crippen MR) is 198 cm³/mol. The first kappa shape index (κ1) is 38.8. The molecule has 0 unspecified atom stereocenters. The average molecular weight is 828 g/mol. The molecule has 4 saturated carbocycles. The number of esters is 4. The minimum Gasteiger partial charge on any atom is -0.456 e. The Bertz CT molecular complexity index is 1840. The summed E-state index contributed by atoms with van der Waals surface area (Å²) in [4.78, 5) is 49.7. The molecular weight excluding hydrogens is 782 g/mol. The van der Waals surface area contributed by atoms with Crippen molar-refractivity contribution < 1.29 is 57.6 Å². The zero-order valence-corrected chi connectivity index (χ0v) is 34.3. The van der Waals surface area contributed by atoms with Crippen LogP contribution >= 0.6 is 0 Å². The maximum atomic E-state index is 12.7. The Labute approximate surface area is 338 Å². The molecule has 284 valence electrons. The summed E-state index contributed by atoms with van der Waals surface area (Å²) in [6.45, 7) is 16.6. The summed E-state index contributed by atoms with van der Waals surface area (Å²) in [5, 5.41) is 0. The van der Waals surface area contributed by atoms with E-state index in [4.69, 9.17) is 18.9 Å². The van der Waals surface area contributed by atoms with E-state index in [1.54, 1.807) is 37.8 Å². The summed E-state index contributed by atoms with van der Waals surface area (Å²) in [6, 6.07) is 0. The maximum absolute atomic E-state index is 12.7. The summed E-state index contributed by atoms with van der Waals surface area (Å²) in [5.74, 6) is -0.0267. The molecule has 10 rings (SSSR count). The normalized spacial score (nSPS) is 34.9. The van der Waals surface area contributed by atoms with Crippen LogP contribution in [0.4, 0.5) is 0 Å². The van der Waals surface area contributed by atoms with Crippen molar-refractivity contribution in [3.05, 3.63) is 132 Å². The van der Waals surface area contributed by atoms with Gasteiger partial charge in [-0.15, -0.1) is 0 Å². The van der Waals surface area contributed by atoms with Crippen LogP contribution in [0.3, 0.4) is 0 Å². The second-order valence-electron chi connectivity index (χ2n) is 17.9. The molecule has 0 aromatic rings. The van der Waals surface area contributed by atoms with Crippen LogP contribution in [0.25, 0.3) is 0 Å². The van der Waals surface area contributed by atoms with Crippen LogP contribution in [0.15, 0.2) is 68.9 Å². The van der Waals surface area contributed by atoms with Crippen molar-refractivity contribution in [1.29, 1.82) is 0 Å². The molecule has 4 atom stereocenters. The Balaban J connectivity index is 0.000000153. The molecule has 0 amide bonds. The van der Waals surface area contributed by atoms with E-state index in [9.17, 15) is 19.2 Å². The van der Waals surface area contributed by atoms with Gasteiger partial charge in [0.15, 0.2) is 0 Å². The van der Waals surface area contributed by atoms with Gasteiger partial charge in [0, 0.05) is 56.1 Å². The van der Waals surface area contributed by atoms with Gasteiger partial charge in [-0.05, 0) is 116 Å².